The SMILES string of the molecule is CCOC(=O)Cc1cc(OC(F)F)c(N)cc1Cl. The first-order valence-electron chi connectivity index (χ1n) is 5.12. The quantitative estimate of drug-likeness (QED) is 0.665. The molecular weight excluding hydrogens is 268 g/mol. The number of rotatable bonds is 5. The summed E-state index contributed by atoms with van der Waals surface area (Å²) in [7, 11) is 0. The maximum absolute atomic E-state index is 12.1. The Hall–Kier alpha value is -1.56. The lowest BCUT2D eigenvalue weighted by Gasteiger charge is -2.11. The average Bonchev–Trinajstić information content (AvgIpc) is 2.24. The molecule has 18 heavy (non-hydrogen) atoms. The fourth-order valence-electron chi connectivity index (χ4n) is 1.31. The molecule has 0 heterocycles. The van der Waals surface area contributed by atoms with E-state index < -0.39 is 12.6 Å². The van der Waals surface area contributed by atoms with Gasteiger partial charge >= 0.3 is 12.6 Å². The Morgan fingerprint density at radius 2 is 2.17 bits per heavy atom. The summed E-state index contributed by atoms with van der Waals surface area (Å²) in [4.78, 5) is 11.3. The molecular formula is C11H12ClF2NO3. The van der Waals surface area contributed by atoms with Crippen LogP contribution >= 0.6 is 11.6 Å². The van der Waals surface area contributed by atoms with Crippen molar-refractivity contribution in [3.8, 4) is 5.75 Å². The third-order valence-corrected chi connectivity index (χ3v) is 2.39. The molecule has 0 fully saturated rings. The highest BCUT2D eigenvalue weighted by Gasteiger charge is 2.14. The molecule has 0 saturated carbocycles. The van der Waals surface area contributed by atoms with Crippen LogP contribution in [0.5, 0.6) is 5.75 Å². The van der Waals surface area contributed by atoms with E-state index in [0.29, 0.717) is 5.56 Å². The Kier molecular flexibility index (Phi) is 5.15. The van der Waals surface area contributed by atoms with E-state index in [0.717, 1.165) is 0 Å². The largest absolute Gasteiger partial charge is 0.466 e. The van der Waals surface area contributed by atoms with Crippen LogP contribution < -0.4 is 10.5 Å². The van der Waals surface area contributed by atoms with Gasteiger partial charge in [-0.1, -0.05) is 11.6 Å². The maximum atomic E-state index is 12.1. The van der Waals surface area contributed by atoms with Crippen LogP contribution in [-0.2, 0) is 16.0 Å². The van der Waals surface area contributed by atoms with E-state index in [-0.39, 0.29) is 29.5 Å². The number of benzene rings is 1. The van der Waals surface area contributed by atoms with Gasteiger partial charge in [0, 0.05) is 5.02 Å². The fourth-order valence-corrected chi connectivity index (χ4v) is 1.55. The van der Waals surface area contributed by atoms with Crippen molar-refractivity contribution in [2.45, 2.75) is 20.0 Å². The van der Waals surface area contributed by atoms with Crippen molar-refractivity contribution in [1.29, 1.82) is 0 Å². The van der Waals surface area contributed by atoms with Gasteiger partial charge < -0.3 is 15.2 Å². The molecule has 100 valence electrons. The van der Waals surface area contributed by atoms with E-state index >= 15 is 0 Å². The Morgan fingerprint density at radius 1 is 1.50 bits per heavy atom. The molecule has 0 amide bonds. The number of halogens is 3. The fraction of sp³-hybridized carbons (Fsp3) is 0.364. The van der Waals surface area contributed by atoms with Gasteiger partial charge in [0.1, 0.15) is 5.75 Å². The molecule has 0 spiro atoms. The summed E-state index contributed by atoms with van der Waals surface area (Å²) in [5.74, 6) is -0.721. The highest BCUT2D eigenvalue weighted by atomic mass is 35.5. The van der Waals surface area contributed by atoms with Gasteiger partial charge in [-0.05, 0) is 24.6 Å². The number of alkyl halides is 2. The predicted octanol–water partition coefficient (Wildman–Crippen LogP) is 2.63. The highest BCUT2D eigenvalue weighted by molar-refractivity contribution is 6.31. The van der Waals surface area contributed by atoms with Crippen LogP contribution in [0.1, 0.15) is 12.5 Å². The monoisotopic (exact) mass is 279 g/mol. The Labute approximate surface area is 108 Å². The first-order valence-corrected chi connectivity index (χ1v) is 5.50. The topological polar surface area (TPSA) is 61.5 Å². The summed E-state index contributed by atoms with van der Waals surface area (Å²) in [5, 5.41) is 0.196. The molecule has 0 bridgehead atoms. The van der Waals surface area contributed by atoms with Crippen molar-refractivity contribution in [3.05, 3.63) is 22.7 Å². The minimum absolute atomic E-state index is 0.0205. The normalized spacial score (nSPS) is 10.5. The Morgan fingerprint density at radius 3 is 2.72 bits per heavy atom. The summed E-state index contributed by atoms with van der Waals surface area (Å²) in [6, 6.07) is 2.47. The smallest absolute Gasteiger partial charge is 0.387 e. The van der Waals surface area contributed by atoms with E-state index in [1.807, 2.05) is 0 Å². The molecule has 0 aliphatic heterocycles. The van der Waals surface area contributed by atoms with Crippen LogP contribution in [0.25, 0.3) is 0 Å². The Balaban J connectivity index is 2.94. The van der Waals surface area contributed by atoms with Gasteiger partial charge in [-0.25, -0.2) is 0 Å². The molecule has 1 aromatic carbocycles. The van der Waals surface area contributed by atoms with Gasteiger partial charge in [-0.2, -0.15) is 8.78 Å². The summed E-state index contributed by atoms with van der Waals surface area (Å²) in [6.45, 7) is -1.11. The minimum atomic E-state index is -3.00. The third kappa shape index (κ3) is 4.03. The van der Waals surface area contributed by atoms with Gasteiger partial charge in [0.15, 0.2) is 0 Å². The van der Waals surface area contributed by atoms with Gasteiger partial charge in [0.05, 0.1) is 18.7 Å². The highest BCUT2D eigenvalue weighted by Crippen LogP contribution is 2.30. The average molecular weight is 280 g/mol. The van der Waals surface area contributed by atoms with Crippen molar-refractivity contribution >= 4 is 23.3 Å². The number of nitrogens with two attached hydrogens (primary N) is 1. The van der Waals surface area contributed by atoms with Crippen LogP contribution in [0.2, 0.25) is 5.02 Å². The predicted molar refractivity (Wildman–Crippen MR) is 62.8 cm³/mol. The lowest BCUT2D eigenvalue weighted by Crippen LogP contribution is -2.09. The number of hydrogen-bond acceptors (Lipinski definition) is 4. The molecule has 0 radical (unpaired) electrons. The first-order chi connectivity index (χ1) is 8.43. The third-order valence-electron chi connectivity index (χ3n) is 2.04. The summed E-state index contributed by atoms with van der Waals surface area (Å²) >= 11 is 5.85. The van der Waals surface area contributed by atoms with Crippen LogP contribution in [-0.4, -0.2) is 19.2 Å². The lowest BCUT2D eigenvalue weighted by molar-refractivity contribution is -0.142. The summed E-state index contributed by atoms with van der Waals surface area (Å²) in [5.41, 5.74) is 5.77. The number of nitrogen functional groups attached to an aromatic ring is 1. The van der Waals surface area contributed by atoms with E-state index in [1.54, 1.807) is 6.92 Å². The molecule has 0 aliphatic rings. The number of esters is 1. The lowest BCUT2D eigenvalue weighted by atomic mass is 10.1. The van der Waals surface area contributed by atoms with Crippen molar-refractivity contribution in [1.82, 2.24) is 0 Å². The zero-order valence-corrected chi connectivity index (χ0v) is 10.3. The standard InChI is InChI=1S/C11H12ClF2NO3/c1-2-17-10(16)4-6-3-9(18-11(13)14)8(15)5-7(6)12/h3,5,11H,2,4,15H2,1H3. The second-order valence-electron chi connectivity index (χ2n) is 3.34. The molecule has 0 aromatic heterocycles. The van der Waals surface area contributed by atoms with Gasteiger partial charge in [0.2, 0.25) is 0 Å². The van der Waals surface area contributed by atoms with Gasteiger partial charge in [-0.3, -0.25) is 4.79 Å². The number of hydrogen-bond donors (Lipinski definition) is 1. The van der Waals surface area contributed by atoms with Gasteiger partial charge in [0.25, 0.3) is 0 Å². The van der Waals surface area contributed by atoms with Crippen molar-refractivity contribution in [2.75, 3.05) is 12.3 Å². The molecule has 0 unspecified atom stereocenters. The first kappa shape index (κ1) is 14.5. The molecule has 0 saturated heterocycles. The molecule has 2 N–H and O–H groups in total. The number of ether oxygens (including phenoxy) is 2. The van der Waals surface area contributed by atoms with Gasteiger partial charge in [-0.15, -0.1) is 0 Å². The van der Waals surface area contributed by atoms with E-state index in [9.17, 15) is 13.6 Å². The van der Waals surface area contributed by atoms with E-state index in [2.05, 4.69) is 4.74 Å². The molecule has 0 atom stereocenters. The van der Waals surface area contributed by atoms with Crippen molar-refractivity contribution < 1.29 is 23.0 Å². The van der Waals surface area contributed by atoms with Crippen LogP contribution in [0.3, 0.4) is 0 Å². The zero-order chi connectivity index (χ0) is 13.7. The second-order valence-corrected chi connectivity index (χ2v) is 3.75. The zero-order valence-electron chi connectivity index (χ0n) is 9.58. The van der Waals surface area contributed by atoms with Crippen LogP contribution in [0, 0.1) is 0 Å². The van der Waals surface area contributed by atoms with E-state index in [4.69, 9.17) is 22.1 Å². The van der Waals surface area contributed by atoms with Crippen LogP contribution in [0.15, 0.2) is 12.1 Å². The maximum Gasteiger partial charge on any atom is 0.387 e. The molecule has 0 aliphatic carbocycles. The van der Waals surface area contributed by atoms with Crippen molar-refractivity contribution in [3.63, 3.8) is 0 Å². The van der Waals surface area contributed by atoms with Crippen molar-refractivity contribution in [2.24, 2.45) is 0 Å². The molecule has 1 rings (SSSR count). The Bertz CT molecular complexity index is 441. The minimum Gasteiger partial charge on any atom is -0.466 e. The number of anilines is 1. The second kappa shape index (κ2) is 6.39. The van der Waals surface area contributed by atoms with E-state index in [1.165, 1.54) is 12.1 Å². The summed E-state index contributed by atoms with van der Waals surface area (Å²) < 4.78 is 33.2. The summed E-state index contributed by atoms with van der Waals surface area (Å²) in [6.07, 6.45) is -0.132. The van der Waals surface area contributed by atoms with Crippen LogP contribution in [0.4, 0.5) is 14.5 Å². The number of carbonyl (C=O) groups is 1. The molecule has 4 nitrogen and oxygen atoms in total. The number of carbonyl (C=O) groups excluding carboxylic acids is 1. The molecule has 1 aromatic rings. The molecule has 7 heteroatoms.